The summed E-state index contributed by atoms with van der Waals surface area (Å²) in [5.41, 5.74) is 1.35. The molecule has 0 aliphatic carbocycles. The molecule has 0 unspecified atom stereocenters. The van der Waals surface area contributed by atoms with E-state index in [4.69, 9.17) is 23.2 Å². The molecular weight excluding hydrogens is 323 g/mol. The molecule has 2 heterocycles. The fourth-order valence-electron chi connectivity index (χ4n) is 2.03. The predicted octanol–water partition coefficient (Wildman–Crippen LogP) is 3.91. The largest absolute Gasteiger partial charge is 0.503 e. The van der Waals surface area contributed by atoms with Gasteiger partial charge in [-0.1, -0.05) is 29.3 Å². The van der Waals surface area contributed by atoms with E-state index in [1.807, 2.05) is 18.2 Å². The zero-order valence-corrected chi connectivity index (χ0v) is 12.7. The number of pyridine rings is 2. The van der Waals surface area contributed by atoms with E-state index in [1.54, 1.807) is 29.1 Å². The Morgan fingerprint density at radius 1 is 1.00 bits per heavy atom. The summed E-state index contributed by atoms with van der Waals surface area (Å²) in [6.07, 6.45) is 4.51. The fourth-order valence-corrected chi connectivity index (χ4v) is 2.33. The van der Waals surface area contributed by atoms with Gasteiger partial charge in [0.2, 0.25) is 5.43 Å². The van der Waals surface area contributed by atoms with Crippen LogP contribution in [0.1, 0.15) is 0 Å². The Kier molecular flexibility index (Phi) is 3.88. The molecule has 0 fully saturated rings. The first-order valence-corrected chi connectivity index (χ1v) is 7.13. The van der Waals surface area contributed by atoms with Gasteiger partial charge in [-0.25, -0.2) is 4.98 Å². The maximum Gasteiger partial charge on any atom is 0.223 e. The zero-order valence-electron chi connectivity index (χ0n) is 11.2. The van der Waals surface area contributed by atoms with Crippen LogP contribution in [0, 0.1) is 0 Å². The highest BCUT2D eigenvalue weighted by Gasteiger charge is 2.05. The van der Waals surface area contributed by atoms with E-state index < -0.39 is 5.43 Å². The lowest BCUT2D eigenvalue weighted by Gasteiger charge is -2.08. The van der Waals surface area contributed by atoms with Crippen molar-refractivity contribution in [3.05, 3.63) is 75.3 Å². The molecule has 110 valence electrons. The molecule has 1 N–H and O–H groups in total. The van der Waals surface area contributed by atoms with Crippen molar-refractivity contribution in [2.75, 3.05) is 0 Å². The molecular formula is C16H10Cl2N2O2. The topological polar surface area (TPSA) is 55.1 Å². The Morgan fingerprint density at radius 3 is 2.50 bits per heavy atom. The summed E-state index contributed by atoms with van der Waals surface area (Å²) >= 11 is 12.0. The molecule has 0 atom stereocenters. The molecule has 3 rings (SSSR count). The smallest absolute Gasteiger partial charge is 0.223 e. The number of halogens is 2. The second-order valence-electron chi connectivity index (χ2n) is 4.63. The van der Waals surface area contributed by atoms with Crippen LogP contribution in [-0.4, -0.2) is 14.7 Å². The van der Waals surface area contributed by atoms with Gasteiger partial charge in [0.25, 0.3) is 0 Å². The molecule has 0 aliphatic heterocycles. The average Bonchev–Trinajstić information content (AvgIpc) is 2.53. The van der Waals surface area contributed by atoms with Crippen LogP contribution in [0.5, 0.6) is 5.75 Å². The molecule has 0 saturated heterocycles. The second kappa shape index (κ2) is 5.83. The van der Waals surface area contributed by atoms with Gasteiger partial charge in [0.05, 0.1) is 16.2 Å². The highest BCUT2D eigenvalue weighted by Crippen LogP contribution is 2.29. The molecule has 0 radical (unpaired) electrons. The van der Waals surface area contributed by atoms with Crippen molar-refractivity contribution < 1.29 is 5.11 Å². The van der Waals surface area contributed by atoms with Gasteiger partial charge >= 0.3 is 0 Å². The van der Waals surface area contributed by atoms with Crippen molar-refractivity contribution in [1.29, 1.82) is 0 Å². The van der Waals surface area contributed by atoms with Gasteiger partial charge in [0, 0.05) is 18.5 Å². The van der Waals surface area contributed by atoms with E-state index >= 15 is 0 Å². The molecule has 0 bridgehead atoms. The SMILES string of the molecule is O=c1ccn(-c2cc(-c3ccc(Cl)c(Cl)c3)ccn2)cc1O. The van der Waals surface area contributed by atoms with Crippen LogP contribution >= 0.6 is 23.2 Å². The third-order valence-corrected chi connectivity index (χ3v) is 3.90. The first-order valence-electron chi connectivity index (χ1n) is 6.38. The van der Waals surface area contributed by atoms with Crippen LogP contribution in [0.2, 0.25) is 10.0 Å². The number of nitrogens with zero attached hydrogens (tertiary/aromatic N) is 2. The molecule has 6 heteroatoms. The number of benzene rings is 1. The van der Waals surface area contributed by atoms with Gasteiger partial charge in [-0.2, -0.15) is 0 Å². The van der Waals surface area contributed by atoms with Gasteiger partial charge < -0.3 is 9.67 Å². The number of hydrogen-bond acceptors (Lipinski definition) is 3. The monoisotopic (exact) mass is 332 g/mol. The average molecular weight is 333 g/mol. The van der Waals surface area contributed by atoms with Crippen LogP contribution in [0.15, 0.2) is 59.8 Å². The number of rotatable bonds is 2. The lowest BCUT2D eigenvalue weighted by molar-refractivity contribution is 0.465. The number of hydrogen-bond donors (Lipinski definition) is 1. The van der Waals surface area contributed by atoms with Gasteiger partial charge in [-0.15, -0.1) is 0 Å². The lowest BCUT2D eigenvalue weighted by atomic mass is 10.1. The van der Waals surface area contributed by atoms with Crippen LogP contribution in [0.4, 0.5) is 0 Å². The highest BCUT2D eigenvalue weighted by molar-refractivity contribution is 6.42. The third kappa shape index (κ3) is 2.84. The molecule has 4 nitrogen and oxygen atoms in total. The second-order valence-corrected chi connectivity index (χ2v) is 5.45. The highest BCUT2D eigenvalue weighted by atomic mass is 35.5. The maximum atomic E-state index is 11.2. The quantitative estimate of drug-likeness (QED) is 0.773. The maximum absolute atomic E-state index is 11.2. The predicted molar refractivity (Wildman–Crippen MR) is 87.0 cm³/mol. The van der Waals surface area contributed by atoms with Crippen LogP contribution in [0.25, 0.3) is 16.9 Å². The molecule has 0 amide bonds. The fraction of sp³-hybridized carbons (Fsp3) is 0. The lowest BCUT2D eigenvalue weighted by Crippen LogP contribution is -2.04. The summed E-state index contributed by atoms with van der Waals surface area (Å²) in [6.45, 7) is 0. The Labute approximate surface area is 136 Å². The van der Waals surface area contributed by atoms with Gasteiger partial charge in [0.1, 0.15) is 5.82 Å². The molecule has 1 aromatic carbocycles. The van der Waals surface area contributed by atoms with E-state index in [9.17, 15) is 9.90 Å². The minimum atomic E-state index is -0.433. The summed E-state index contributed by atoms with van der Waals surface area (Å²) in [6, 6.07) is 10.3. The summed E-state index contributed by atoms with van der Waals surface area (Å²) in [4.78, 5) is 15.5. The Hall–Kier alpha value is -2.30. The minimum absolute atomic E-state index is 0.329. The van der Waals surface area contributed by atoms with Gasteiger partial charge in [-0.05, 0) is 35.4 Å². The Morgan fingerprint density at radius 2 is 1.77 bits per heavy atom. The van der Waals surface area contributed by atoms with Crippen LogP contribution in [-0.2, 0) is 0 Å². The van der Waals surface area contributed by atoms with E-state index in [-0.39, 0.29) is 5.75 Å². The summed E-state index contributed by atoms with van der Waals surface area (Å²) < 4.78 is 1.57. The van der Waals surface area contributed by atoms with Crippen molar-refractivity contribution in [3.63, 3.8) is 0 Å². The number of aromatic hydroxyl groups is 1. The van der Waals surface area contributed by atoms with E-state index in [2.05, 4.69) is 4.98 Å². The van der Waals surface area contributed by atoms with Gasteiger partial charge in [0.15, 0.2) is 5.75 Å². The third-order valence-electron chi connectivity index (χ3n) is 3.16. The minimum Gasteiger partial charge on any atom is -0.503 e. The molecule has 0 aliphatic rings. The molecule has 2 aromatic heterocycles. The van der Waals surface area contributed by atoms with E-state index in [0.717, 1.165) is 11.1 Å². The molecule has 3 aromatic rings. The standard InChI is InChI=1S/C16H10Cl2N2O2/c17-12-2-1-10(7-13(12)18)11-3-5-19-16(8-11)20-6-4-14(21)15(22)9-20/h1-9,22H. The summed E-state index contributed by atoms with van der Waals surface area (Å²) in [5.74, 6) is 0.239. The summed E-state index contributed by atoms with van der Waals surface area (Å²) in [5, 5.41) is 10.5. The van der Waals surface area contributed by atoms with E-state index in [0.29, 0.717) is 15.9 Å². The Bertz CT molecular complexity index is 907. The first kappa shape index (κ1) is 14.6. The van der Waals surface area contributed by atoms with E-state index in [1.165, 1.54) is 12.3 Å². The van der Waals surface area contributed by atoms with Crippen LogP contribution < -0.4 is 5.43 Å². The van der Waals surface area contributed by atoms with Crippen molar-refractivity contribution in [1.82, 2.24) is 9.55 Å². The molecule has 22 heavy (non-hydrogen) atoms. The normalized spacial score (nSPS) is 10.6. The van der Waals surface area contributed by atoms with Gasteiger partial charge in [-0.3, -0.25) is 4.79 Å². The number of aromatic nitrogens is 2. The van der Waals surface area contributed by atoms with Crippen molar-refractivity contribution in [3.8, 4) is 22.7 Å². The van der Waals surface area contributed by atoms with Crippen molar-refractivity contribution in [2.45, 2.75) is 0 Å². The molecule has 0 spiro atoms. The summed E-state index contributed by atoms with van der Waals surface area (Å²) in [7, 11) is 0. The zero-order chi connectivity index (χ0) is 15.7. The molecule has 0 saturated carbocycles. The first-order chi connectivity index (χ1) is 10.5. The Balaban J connectivity index is 2.07. The van der Waals surface area contributed by atoms with Crippen molar-refractivity contribution in [2.24, 2.45) is 0 Å². The van der Waals surface area contributed by atoms with Crippen LogP contribution in [0.3, 0.4) is 0 Å². The van der Waals surface area contributed by atoms with Crippen molar-refractivity contribution >= 4 is 23.2 Å².